The maximum atomic E-state index is 4.58. The van der Waals surface area contributed by atoms with Gasteiger partial charge in [-0.05, 0) is 48.9 Å². The maximum Gasteiger partial charge on any atom is 0.0902 e. The van der Waals surface area contributed by atoms with Gasteiger partial charge in [0, 0.05) is 23.5 Å². The molecule has 4 aromatic heterocycles. The number of hydrogen-bond donors (Lipinski definition) is 0. The van der Waals surface area contributed by atoms with Crippen molar-refractivity contribution in [3.8, 4) is 0 Å². The minimum Gasteiger partial charge on any atom is -0.473 e. The first kappa shape index (κ1) is 61.1. The topological polar surface area (TPSA) is 38.9 Å². The Balaban J connectivity index is -0.0000000572. The van der Waals surface area contributed by atoms with E-state index in [-0.39, 0.29) is 0 Å². The van der Waals surface area contributed by atoms with Gasteiger partial charge in [0.2, 0.25) is 0 Å². The van der Waals surface area contributed by atoms with Crippen molar-refractivity contribution < 1.29 is 4.42 Å². The van der Waals surface area contributed by atoms with Gasteiger partial charge in [-0.1, -0.05) is 165 Å². The molecule has 0 aliphatic rings. The molecule has 4 heterocycles. The van der Waals surface area contributed by atoms with E-state index in [9.17, 15) is 0 Å². The Labute approximate surface area is 291 Å². The number of aromatic nitrogens is 2. The molecule has 5 aromatic rings. The lowest BCUT2D eigenvalue weighted by molar-refractivity contribution is 0.567. The molecule has 0 unspecified atom stereocenters. The normalized spacial score (nSPS) is 6.44. The summed E-state index contributed by atoms with van der Waals surface area (Å²) in [5.74, 6) is 0. The van der Waals surface area contributed by atoms with E-state index in [0.717, 1.165) is 0 Å². The molecule has 0 aliphatic carbocycles. The Morgan fingerprint density at radius 3 is 1.00 bits per heavy atom. The smallest absolute Gasteiger partial charge is 0.0902 e. The third kappa shape index (κ3) is 79.5. The highest BCUT2D eigenvalue weighted by Gasteiger charge is 1.76. The lowest BCUT2D eigenvalue weighted by Gasteiger charge is -1.82. The first-order valence-corrected chi connectivity index (χ1v) is 18.8. The highest BCUT2D eigenvalue weighted by Crippen LogP contribution is 1.99. The molecule has 0 spiro atoms. The Morgan fingerprint density at radius 2 is 0.867 bits per heavy atom. The van der Waals surface area contributed by atoms with E-state index < -0.39 is 0 Å². The van der Waals surface area contributed by atoms with Crippen LogP contribution in [-0.2, 0) is 0 Å². The van der Waals surface area contributed by atoms with Crippen LogP contribution < -0.4 is 0 Å². The zero-order valence-electron chi connectivity index (χ0n) is 32.7. The Hall–Kier alpha value is -3.02. The van der Waals surface area contributed by atoms with Crippen LogP contribution >= 0.6 is 22.7 Å². The molecule has 0 bridgehead atoms. The van der Waals surface area contributed by atoms with Gasteiger partial charge >= 0.3 is 0 Å². The molecular weight excluding hydrogens is 589 g/mol. The standard InChI is InChI=1S/C7H8.C5H5N.C4H5NS.C4H4O.C4H4S.8C2H6/c1-7-5-3-2-4-6-7;1-2-4-6-5-3-1;1-4-2-5-3-6-4;2*1-2-4-5-3-1;8*1-2/h2-6H,1H3;1-5H;2-3H,1H3;2*1-4H;8*1-2H3. The summed E-state index contributed by atoms with van der Waals surface area (Å²) in [5.41, 5.74) is 3.15. The number of rotatable bonds is 0. The summed E-state index contributed by atoms with van der Waals surface area (Å²) < 4.78 is 4.58. The SMILES string of the molecule is CC.CC.CC.CC.CC.CC.CC.CC.Cc1ccccc1.Cc1cncs1.c1ccncc1.c1ccoc1.c1ccsc1. The Bertz CT molecular complexity index is 777. The van der Waals surface area contributed by atoms with Crippen molar-refractivity contribution in [2.45, 2.75) is 125 Å². The van der Waals surface area contributed by atoms with Gasteiger partial charge in [-0.15, -0.1) is 11.3 Å². The van der Waals surface area contributed by atoms with E-state index in [1.807, 2.05) is 201 Å². The number of aryl methyl sites for hydroxylation is 2. The zero-order valence-corrected chi connectivity index (χ0v) is 34.3. The third-order valence-corrected chi connectivity index (χ3v) is 4.25. The highest BCUT2D eigenvalue weighted by atomic mass is 32.1. The molecule has 5 heteroatoms. The first-order chi connectivity index (χ1) is 22.3. The second kappa shape index (κ2) is 83.7. The van der Waals surface area contributed by atoms with Crippen molar-refractivity contribution in [1.29, 1.82) is 0 Å². The molecule has 0 N–H and O–H groups in total. The average molecular weight is 663 g/mol. The van der Waals surface area contributed by atoms with Gasteiger partial charge in [0.1, 0.15) is 0 Å². The maximum absolute atomic E-state index is 4.58. The van der Waals surface area contributed by atoms with Gasteiger partial charge in [-0.3, -0.25) is 9.97 Å². The van der Waals surface area contributed by atoms with Crippen LogP contribution in [0.25, 0.3) is 0 Å². The van der Waals surface area contributed by atoms with Crippen LogP contribution in [0.4, 0.5) is 0 Å². The zero-order chi connectivity index (χ0) is 36.8. The molecule has 5 rings (SSSR count). The van der Waals surface area contributed by atoms with Crippen LogP contribution in [0, 0.1) is 13.8 Å². The summed E-state index contributed by atoms with van der Waals surface area (Å²) in [7, 11) is 0. The van der Waals surface area contributed by atoms with Crippen molar-refractivity contribution in [2.75, 3.05) is 0 Å². The quantitative estimate of drug-likeness (QED) is 0.166. The number of hydrogen-bond acceptors (Lipinski definition) is 5. The van der Waals surface area contributed by atoms with Crippen molar-refractivity contribution in [3.63, 3.8) is 0 Å². The fraction of sp³-hybridized carbons (Fsp3) is 0.450. The van der Waals surface area contributed by atoms with Crippen LogP contribution in [-0.4, -0.2) is 9.97 Å². The third-order valence-electron chi connectivity index (χ3n) is 2.91. The van der Waals surface area contributed by atoms with Crippen LogP contribution in [0.15, 0.2) is 125 Å². The average Bonchev–Trinajstić information content (AvgIpc) is 4.02. The van der Waals surface area contributed by atoms with E-state index in [1.165, 1.54) is 10.4 Å². The van der Waals surface area contributed by atoms with Gasteiger partial charge in [0.15, 0.2) is 0 Å². The molecule has 262 valence electrons. The van der Waals surface area contributed by atoms with E-state index in [4.69, 9.17) is 0 Å². The molecule has 0 saturated carbocycles. The highest BCUT2D eigenvalue weighted by molar-refractivity contribution is 7.09. The van der Waals surface area contributed by atoms with Crippen LogP contribution in [0.1, 0.15) is 121 Å². The van der Waals surface area contributed by atoms with E-state index >= 15 is 0 Å². The van der Waals surface area contributed by atoms with Crippen molar-refractivity contribution in [2.24, 2.45) is 0 Å². The van der Waals surface area contributed by atoms with Crippen molar-refractivity contribution in [3.05, 3.63) is 131 Å². The van der Waals surface area contributed by atoms with E-state index in [0.29, 0.717) is 0 Å². The predicted molar refractivity (Wildman–Crippen MR) is 216 cm³/mol. The van der Waals surface area contributed by atoms with Crippen LogP contribution in [0.5, 0.6) is 0 Å². The lowest BCUT2D eigenvalue weighted by atomic mass is 10.2. The number of nitrogens with zero attached hydrogens (tertiary/aromatic N) is 2. The number of thiophene rings is 1. The van der Waals surface area contributed by atoms with Gasteiger partial charge in [-0.2, -0.15) is 11.3 Å². The number of furan rings is 1. The molecular formula is C40H74N2OS2. The minimum absolute atomic E-state index is 1.27. The summed E-state index contributed by atoms with van der Waals surface area (Å²) in [6.07, 6.45) is 8.60. The molecule has 0 aliphatic heterocycles. The van der Waals surface area contributed by atoms with Crippen molar-refractivity contribution in [1.82, 2.24) is 9.97 Å². The molecule has 45 heavy (non-hydrogen) atoms. The number of benzene rings is 1. The first-order valence-electron chi connectivity index (χ1n) is 16.9. The summed E-state index contributed by atoms with van der Waals surface area (Å²) in [4.78, 5) is 8.90. The summed E-state index contributed by atoms with van der Waals surface area (Å²) in [6.45, 7) is 36.1. The Kier molecular flexibility index (Phi) is 114. The van der Waals surface area contributed by atoms with Gasteiger partial charge in [0.05, 0.1) is 18.0 Å². The molecule has 0 atom stereocenters. The van der Waals surface area contributed by atoms with E-state index in [2.05, 4.69) is 33.4 Å². The molecule has 0 radical (unpaired) electrons. The van der Waals surface area contributed by atoms with Crippen molar-refractivity contribution >= 4 is 22.7 Å². The monoisotopic (exact) mass is 663 g/mol. The predicted octanol–water partition coefficient (Wildman–Crippen LogP) is 15.8. The summed E-state index contributed by atoms with van der Waals surface area (Å²) >= 11 is 3.38. The molecule has 0 fully saturated rings. The Morgan fingerprint density at radius 1 is 0.467 bits per heavy atom. The number of thiazole rings is 1. The summed E-state index contributed by atoms with van der Waals surface area (Å²) in [6, 6.07) is 23.7. The largest absolute Gasteiger partial charge is 0.473 e. The fourth-order valence-electron chi connectivity index (χ4n) is 1.58. The lowest BCUT2D eigenvalue weighted by Crippen LogP contribution is -1.62. The molecule has 0 amide bonds. The van der Waals surface area contributed by atoms with Gasteiger partial charge in [0.25, 0.3) is 0 Å². The second-order valence-electron chi connectivity index (χ2n) is 5.38. The second-order valence-corrected chi connectivity index (χ2v) is 7.28. The molecule has 0 saturated heterocycles. The molecule has 1 aromatic carbocycles. The minimum atomic E-state index is 1.27. The van der Waals surface area contributed by atoms with Gasteiger partial charge in [-0.25, -0.2) is 0 Å². The molecule has 3 nitrogen and oxygen atoms in total. The number of pyridine rings is 1. The summed E-state index contributed by atoms with van der Waals surface area (Å²) in [5, 5.41) is 4.08. The van der Waals surface area contributed by atoms with Crippen LogP contribution in [0.2, 0.25) is 0 Å². The van der Waals surface area contributed by atoms with Crippen LogP contribution in [0.3, 0.4) is 0 Å². The van der Waals surface area contributed by atoms with E-state index in [1.54, 1.807) is 47.6 Å². The van der Waals surface area contributed by atoms with Gasteiger partial charge < -0.3 is 4.42 Å². The fourth-order valence-corrected chi connectivity index (χ4v) is 2.44.